The van der Waals surface area contributed by atoms with Crippen molar-refractivity contribution in [3.8, 4) is 6.07 Å². The third-order valence-electron chi connectivity index (χ3n) is 6.32. The van der Waals surface area contributed by atoms with Gasteiger partial charge in [0, 0.05) is 50.1 Å². The van der Waals surface area contributed by atoms with E-state index in [1.54, 1.807) is 31.3 Å². The van der Waals surface area contributed by atoms with Crippen LogP contribution < -0.4 is 16.0 Å². The SMILES string of the molecule is CCC(=O)c1ccc(Cc2cc(NC3CCN(c4ccc(C#N)cn4)CC3)c(C(N)=O)cn2)cc1F. The Morgan fingerprint density at radius 3 is 2.53 bits per heavy atom. The molecular formula is C27H27FN6O2. The lowest BCUT2D eigenvalue weighted by Gasteiger charge is -2.34. The predicted molar refractivity (Wildman–Crippen MR) is 134 cm³/mol. The van der Waals surface area contributed by atoms with Crippen LogP contribution in [0.4, 0.5) is 15.9 Å². The Labute approximate surface area is 209 Å². The third-order valence-corrected chi connectivity index (χ3v) is 6.32. The normalized spacial score (nSPS) is 13.8. The lowest BCUT2D eigenvalue weighted by molar-refractivity contribution is 0.0980. The van der Waals surface area contributed by atoms with Gasteiger partial charge in [-0.05, 0) is 48.7 Å². The smallest absolute Gasteiger partial charge is 0.252 e. The number of nitrogens with two attached hydrogens (primary N) is 1. The zero-order valence-electron chi connectivity index (χ0n) is 20.0. The topological polar surface area (TPSA) is 125 Å². The molecule has 0 unspecified atom stereocenters. The third kappa shape index (κ3) is 5.66. The first-order valence-electron chi connectivity index (χ1n) is 11.9. The molecule has 0 bridgehead atoms. The number of carbonyl (C=O) groups is 2. The maximum Gasteiger partial charge on any atom is 0.252 e. The van der Waals surface area contributed by atoms with Crippen molar-refractivity contribution in [1.82, 2.24) is 9.97 Å². The highest BCUT2D eigenvalue weighted by atomic mass is 19.1. The molecule has 8 nitrogen and oxygen atoms in total. The molecule has 36 heavy (non-hydrogen) atoms. The Morgan fingerprint density at radius 2 is 1.92 bits per heavy atom. The van der Waals surface area contributed by atoms with Gasteiger partial charge in [0.15, 0.2) is 5.78 Å². The summed E-state index contributed by atoms with van der Waals surface area (Å²) in [6.07, 6.45) is 5.23. The minimum Gasteiger partial charge on any atom is -0.381 e. The summed E-state index contributed by atoms with van der Waals surface area (Å²) < 4.78 is 14.4. The molecule has 0 atom stereocenters. The van der Waals surface area contributed by atoms with E-state index in [1.807, 2.05) is 6.07 Å². The number of hydrogen-bond acceptors (Lipinski definition) is 7. The number of pyridine rings is 2. The first-order chi connectivity index (χ1) is 17.4. The first kappa shape index (κ1) is 24.8. The highest BCUT2D eigenvalue weighted by Gasteiger charge is 2.22. The van der Waals surface area contributed by atoms with Crippen LogP contribution in [0.1, 0.15) is 63.7 Å². The number of ketones is 1. The number of nitrogens with one attached hydrogen (secondary N) is 1. The summed E-state index contributed by atoms with van der Waals surface area (Å²) in [4.78, 5) is 34.7. The van der Waals surface area contributed by atoms with Gasteiger partial charge in [-0.2, -0.15) is 5.26 Å². The molecule has 2 aromatic heterocycles. The molecule has 1 amide bonds. The minimum absolute atomic E-state index is 0.0863. The summed E-state index contributed by atoms with van der Waals surface area (Å²) in [6, 6.07) is 12.1. The van der Waals surface area contributed by atoms with Gasteiger partial charge in [-0.3, -0.25) is 14.6 Å². The number of carbonyl (C=O) groups excluding carboxylic acids is 2. The molecule has 1 aliphatic heterocycles. The molecule has 9 heteroatoms. The molecule has 1 fully saturated rings. The predicted octanol–water partition coefficient (Wildman–Crippen LogP) is 3.85. The second-order valence-electron chi connectivity index (χ2n) is 8.78. The van der Waals surface area contributed by atoms with Gasteiger partial charge in [-0.1, -0.05) is 13.0 Å². The van der Waals surface area contributed by atoms with Crippen LogP contribution in [0, 0.1) is 17.1 Å². The summed E-state index contributed by atoms with van der Waals surface area (Å²) in [7, 11) is 0. The van der Waals surface area contributed by atoms with Crippen LogP contribution in [0.15, 0.2) is 48.8 Å². The van der Waals surface area contributed by atoms with Crippen LogP contribution in [0.3, 0.4) is 0 Å². The molecule has 0 radical (unpaired) electrons. The summed E-state index contributed by atoms with van der Waals surface area (Å²) in [5.41, 5.74) is 8.41. The van der Waals surface area contributed by atoms with Crippen LogP contribution >= 0.6 is 0 Å². The fraction of sp³-hybridized carbons (Fsp3) is 0.296. The van der Waals surface area contributed by atoms with E-state index >= 15 is 0 Å². The van der Waals surface area contributed by atoms with Crippen molar-refractivity contribution in [3.05, 3.63) is 82.6 Å². The molecule has 4 rings (SSSR count). The highest BCUT2D eigenvalue weighted by Crippen LogP contribution is 2.24. The summed E-state index contributed by atoms with van der Waals surface area (Å²) in [5, 5.41) is 12.4. The van der Waals surface area contributed by atoms with E-state index in [4.69, 9.17) is 11.0 Å². The Kier molecular flexibility index (Phi) is 7.54. The van der Waals surface area contributed by atoms with Crippen molar-refractivity contribution in [2.45, 2.75) is 38.6 Å². The van der Waals surface area contributed by atoms with E-state index in [0.717, 1.165) is 31.7 Å². The average molecular weight is 487 g/mol. The van der Waals surface area contributed by atoms with Gasteiger partial charge in [0.05, 0.1) is 22.4 Å². The van der Waals surface area contributed by atoms with E-state index in [0.29, 0.717) is 34.5 Å². The van der Waals surface area contributed by atoms with Crippen LogP contribution in [-0.4, -0.2) is 40.8 Å². The number of benzene rings is 1. The van der Waals surface area contributed by atoms with E-state index < -0.39 is 11.7 Å². The molecule has 0 saturated carbocycles. The first-order valence-corrected chi connectivity index (χ1v) is 11.9. The molecule has 1 aromatic carbocycles. The van der Waals surface area contributed by atoms with Crippen molar-refractivity contribution in [2.75, 3.05) is 23.3 Å². The quantitative estimate of drug-likeness (QED) is 0.463. The number of primary amides is 1. The van der Waals surface area contributed by atoms with Crippen molar-refractivity contribution < 1.29 is 14.0 Å². The Bertz CT molecular complexity index is 1310. The second-order valence-corrected chi connectivity index (χ2v) is 8.78. The van der Waals surface area contributed by atoms with Gasteiger partial charge < -0.3 is 16.0 Å². The molecule has 3 heterocycles. The molecule has 0 spiro atoms. The van der Waals surface area contributed by atoms with Gasteiger partial charge >= 0.3 is 0 Å². The molecule has 3 N–H and O–H groups in total. The average Bonchev–Trinajstić information content (AvgIpc) is 2.89. The number of Topliss-reactive ketones (excluding diaryl/α,β-unsaturated/α-hetero) is 1. The molecule has 1 saturated heterocycles. The van der Waals surface area contributed by atoms with Gasteiger partial charge in [0.2, 0.25) is 0 Å². The molecule has 3 aromatic rings. The van der Waals surface area contributed by atoms with Crippen molar-refractivity contribution in [3.63, 3.8) is 0 Å². The Balaban J connectivity index is 1.45. The summed E-state index contributed by atoms with van der Waals surface area (Å²) >= 11 is 0. The zero-order valence-corrected chi connectivity index (χ0v) is 20.0. The number of nitrogens with zero attached hydrogens (tertiary/aromatic N) is 4. The Hall–Kier alpha value is -4.32. The van der Waals surface area contributed by atoms with E-state index in [1.165, 1.54) is 18.3 Å². The lowest BCUT2D eigenvalue weighted by Crippen LogP contribution is -2.39. The van der Waals surface area contributed by atoms with E-state index in [9.17, 15) is 14.0 Å². The number of nitriles is 1. The van der Waals surface area contributed by atoms with Gasteiger partial charge in [0.25, 0.3) is 5.91 Å². The number of rotatable bonds is 8. The van der Waals surface area contributed by atoms with Crippen molar-refractivity contribution in [2.24, 2.45) is 5.73 Å². The maximum absolute atomic E-state index is 14.4. The zero-order chi connectivity index (χ0) is 25.7. The fourth-order valence-corrected chi connectivity index (χ4v) is 4.32. The van der Waals surface area contributed by atoms with Crippen LogP contribution in [0.5, 0.6) is 0 Å². The number of anilines is 2. The van der Waals surface area contributed by atoms with Crippen molar-refractivity contribution in [1.29, 1.82) is 5.26 Å². The maximum atomic E-state index is 14.4. The summed E-state index contributed by atoms with van der Waals surface area (Å²) in [6.45, 7) is 3.23. The molecule has 184 valence electrons. The standard InChI is InChI=1S/C27H27FN6O2/c1-2-25(35)21-5-3-17(12-23(21)28)11-20-13-24(22(16-31-20)27(30)36)33-19-7-9-34(10-8-19)26-6-4-18(14-29)15-32-26/h3-6,12-13,15-16,19H,2,7-11H2,1H3,(H2,30,36)(H,31,33). The molecule has 0 aliphatic carbocycles. The van der Waals surface area contributed by atoms with Crippen LogP contribution in [0.2, 0.25) is 0 Å². The number of amides is 1. The lowest BCUT2D eigenvalue weighted by atomic mass is 10.0. The van der Waals surface area contributed by atoms with Crippen molar-refractivity contribution >= 4 is 23.2 Å². The van der Waals surface area contributed by atoms with Gasteiger partial charge in [0.1, 0.15) is 17.7 Å². The van der Waals surface area contributed by atoms with E-state index in [2.05, 4.69) is 26.3 Å². The number of piperidine rings is 1. The largest absolute Gasteiger partial charge is 0.381 e. The Morgan fingerprint density at radius 1 is 1.14 bits per heavy atom. The molecule has 1 aliphatic rings. The number of halogens is 1. The van der Waals surface area contributed by atoms with Gasteiger partial charge in [-0.25, -0.2) is 9.37 Å². The van der Waals surface area contributed by atoms with Crippen LogP contribution in [0.25, 0.3) is 0 Å². The van der Waals surface area contributed by atoms with E-state index in [-0.39, 0.29) is 23.8 Å². The fourth-order valence-electron chi connectivity index (χ4n) is 4.32. The molecular weight excluding hydrogens is 459 g/mol. The minimum atomic E-state index is -0.579. The van der Waals surface area contributed by atoms with Crippen LogP contribution in [-0.2, 0) is 6.42 Å². The van der Waals surface area contributed by atoms with Gasteiger partial charge in [-0.15, -0.1) is 0 Å². The monoisotopic (exact) mass is 486 g/mol. The highest BCUT2D eigenvalue weighted by molar-refractivity contribution is 5.98. The number of aromatic nitrogens is 2. The number of hydrogen-bond donors (Lipinski definition) is 2. The summed E-state index contributed by atoms with van der Waals surface area (Å²) in [5.74, 6) is -0.537. The second kappa shape index (κ2) is 11.0.